The summed E-state index contributed by atoms with van der Waals surface area (Å²) in [6, 6.07) is 34.8. The van der Waals surface area contributed by atoms with Gasteiger partial charge in [0.2, 0.25) is 0 Å². The van der Waals surface area contributed by atoms with E-state index in [0.717, 1.165) is 73.9 Å². The van der Waals surface area contributed by atoms with Crippen LogP contribution in [0.3, 0.4) is 0 Å². The molecule has 2 spiro atoms. The number of para-hydroxylation sites is 2. The van der Waals surface area contributed by atoms with Gasteiger partial charge in [0.15, 0.2) is 0 Å². The van der Waals surface area contributed by atoms with E-state index in [1.165, 1.54) is 33.6 Å². The van der Waals surface area contributed by atoms with Crippen LogP contribution < -0.4 is 9.80 Å². The third-order valence-corrected chi connectivity index (χ3v) is 19.8. The van der Waals surface area contributed by atoms with Crippen LogP contribution in [0.25, 0.3) is 0 Å². The second-order valence-electron chi connectivity index (χ2n) is 21.6. The molecule has 0 N–H and O–H groups in total. The highest BCUT2D eigenvalue weighted by molar-refractivity contribution is 5.72. The Morgan fingerprint density at radius 2 is 1.02 bits per heavy atom. The molecular formula is C52H52N6O6+2. The molecule has 4 bridgehead atoms. The van der Waals surface area contributed by atoms with E-state index in [4.69, 9.17) is 9.47 Å². The van der Waals surface area contributed by atoms with Gasteiger partial charge in [0.1, 0.15) is 50.7 Å². The van der Waals surface area contributed by atoms with E-state index < -0.39 is 0 Å². The van der Waals surface area contributed by atoms with Crippen molar-refractivity contribution in [1.29, 1.82) is 0 Å². The van der Waals surface area contributed by atoms with Crippen LogP contribution in [0.2, 0.25) is 0 Å². The van der Waals surface area contributed by atoms with Crippen molar-refractivity contribution < 1.29 is 28.3 Å². The monoisotopic (exact) mass is 856 g/mol. The lowest BCUT2D eigenvalue weighted by Crippen LogP contribution is -2.78. The van der Waals surface area contributed by atoms with Crippen LogP contribution in [-0.2, 0) is 33.4 Å². The molecule has 0 aromatic heterocycles. The Morgan fingerprint density at radius 1 is 0.594 bits per heavy atom. The predicted molar refractivity (Wildman–Crippen MR) is 238 cm³/mol. The fraction of sp³-hybridized carbons (Fsp3) is 0.462. The van der Waals surface area contributed by atoms with Gasteiger partial charge < -0.3 is 28.2 Å². The molecule has 9 aliphatic heterocycles. The van der Waals surface area contributed by atoms with Crippen LogP contribution in [0.1, 0.15) is 47.9 Å². The van der Waals surface area contributed by atoms with Crippen molar-refractivity contribution in [3.8, 4) is 0 Å². The molecule has 2 aliphatic carbocycles. The number of anilines is 2. The smallest absolute Gasteiger partial charge is 0.269 e. The van der Waals surface area contributed by atoms with Crippen molar-refractivity contribution in [1.82, 2.24) is 0 Å². The number of benzene rings is 4. The Bertz CT molecular complexity index is 2610. The highest BCUT2D eigenvalue weighted by Crippen LogP contribution is 2.73. The molecular weight excluding hydrogens is 805 g/mol. The number of fused-ring (bicyclic) bond motifs is 6. The fourth-order valence-corrected chi connectivity index (χ4v) is 18.0. The molecule has 64 heavy (non-hydrogen) atoms. The van der Waals surface area contributed by atoms with Crippen LogP contribution in [0, 0.1) is 43.9 Å². The third kappa shape index (κ3) is 4.26. The number of nitro groups is 2. The average molecular weight is 857 g/mol. The van der Waals surface area contributed by atoms with E-state index in [1.54, 1.807) is 35.4 Å². The Kier molecular flexibility index (Phi) is 7.08. The molecule has 11 aliphatic rings. The molecule has 14 atom stereocenters. The maximum atomic E-state index is 11.7. The first-order valence-corrected chi connectivity index (χ1v) is 23.8. The summed E-state index contributed by atoms with van der Waals surface area (Å²) in [7, 11) is 0. The second-order valence-corrected chi connectivity index (χ2v) is 21.6. The molecule has 12 heteroatoms. The van der Waals surface area contributed by atoms with Crippen LogP contribution in [0.15, 0.2) is 120 Å². The van der Waals surface area contributed by atoms with Gasteiger partial charge >= 0.3 is 0 Å². The minimum atomic E-state index is -0.289. The number of non-ortho nitro benzene ring substituents is 2. The second kappa shape index (κ2) is 12.3. The molecule has 4 aromatic rings. The molecule has 3 unspecified atom stereocenters. The van der Waals surface area contributed by atoms with Gasteiger partial charge in [0.25, 0.3) is 11.4 Å². The number of nitro benzene ring substituents is 2. The molecule has 15 rings (SSSR count). The number of ether oxygens (including phenoxy) is 2. The molecule has 12 nitrogen and oxygen atoms in total. The van der Waals surface area contributed by atoms with Crippen molar-refractivity contribution in [3.05, 3.63) is 163 Å². The summed E-state index contributed by atoms with van der Waals surface area (Å²) in [5, 5.41) is 23.4. The SMILES string of the molecule is O=[N+]([O-])c1ccc(C[N+]23CC[C@@]45c6ccccc6N6[C@@H]7OCC=C8C[N+]9(Cc%10ccc([N+](=O)[O-])cc%10)CC[C@]%10%11c%12ccccc%12N([C@@H]%12OCC=C(C2)[C@H](C[C@@H]43)C%12[C@H]65)[C@H]%10[C@H]7[C@H]8C[C@@H]%119)cc1. The molecule has 0 amide bonds. The summed E-state index contributed by atoms with van der Waals surface area (Å²) in [5.41, 5.74) is 11.2. The van der Waals surface area contributed by atoms with Crippen LogP contribution in [0.5, 0.6) is 0 Å². The van der Waals surface area contributed by atoms with E-state index in [9.17, 15) is 20.2 Å². The summed E-state index contributed by atoms with van der Waals surface area (Å²) < 4.78 is 17.2. The maximum Gasteiger partial charge on any atom is 0.269 e. The molecule has 4 aromatic carbocycles. The zero-order valence-corrected chi connectivity index (χ0v) is 35.8. The lowest BCUT2D eigenvalue weighted by atomic mass is 9.52. The van der Waals surface area contributed by atoms with Crippen molar-refractivity contribution >= 4 is 22.7 Å². The maximum absolute atomic E-state index is 11.7. The van der Waals surface area contributed by atoms with Gasteiger partial charge in [-0.25, -0.2) is 0 Å². The molecule has 5 saturated heterocycles. The minimum Gasteiger partial charge on any atom is -0.354 e. The van der Waals surface area contributed by atoms with Gasteiger partial charge in [-0.05, 0) is 58.7 Å². The van der Waals surface area contributed by atoms with Crippen molar-refractivity contribution in [2.75, 3.05) is 49.2 Å². The Hall–Kier alpha value is -5.40. The van der Waals surface area contributed by atoms with E-state index in [-0.39, 0.29) is 68.4 Å². The number of nitrogens with zero attached hydrogens (tertiary/aromatic N) is 6. The van der Waals surface area contributed by atoms with Gasteiger partial charge in [-0.15, -0.1) is 0 Å². The summed E-state index contributed by atoms with van der Waals surface area (Å²) in [6.07, 6.45) is 9.10. The Balaban J connectivity index is 0.927. The predicted octanol–water partition coefficient (Wildman–Crippen LogP) is 7.51. The number of piperidine rings is 2. The normalized spacial score (nSPS) is 41.4. The van der Waals surface area contributed by atoms with Crippen molar-refractivity contribution in [3.63, 3.8) is 0 Å². The van der Waals surface area contributed by atoms with Crippen LogP contribution in [0.4, 0.5) is 22.7 Å². The molecule has 9 heterocycles. The van der Waals surface area contributed by atoms with Crippen molar-refractivity contribution in [2.45, 2.75) is 86.2 Å². The topological polar surface area (TPSA) is 111 Å². The first kappa shape index (κ1) is 36.9. The largest absolute Gasteiger partial charge is 0.354 e. The lowest BCUT2D eigenvalue weighted by Gasteiger charge is -2.65. The Morgan fingerprint density at radius 3 is 1.44 bits per heavy atom. The number of quaternary nitrogens is 2. The highest BCUT2D eigenvalue weighted by atomic mass is 16.6. The van der Waals surface area contributed by atoms with E-state index >= 15 is 0 Å². The van der Waals surface area contributed by atoms with Gasteiger partial charge in [0.05, 0.1) is 59.1 Å². The average Bonchev–Trinajstić information content (AvgIpc) is 3.92. The quantitative estimate of drug-likeness (QED) is 0.0849. The minimum absolute atomic E-state index is 0.111. The molecule has 324 valence electrons. The van der Waals surface area contributed by atoms with Gasteiger partial charge in [-0.1, -0.05) is 48.6 Å². The Labute approximate surface area is 371 Å². The molecule has 0 radical (unpaired) electrons. The first-order chi connectivity index (χ1) is 31.2. The summed E-state index contributed by atoms with van der Waals surface area (Å²) in [5.74, 6) is 1.14. The lowest BCUT2D eigenvalue weighted by molar-refractivity contribution is -0.955. The van der Waals surface area contributed by atoms with E-state index in [0.29, 0.717) is 37.1 Å². The van der Waals surface area contributed by atoms with Crippen molar-refractivity contribution in [2.24, 2.45) is 23.7 Å². The van der Waals surface area contributed by atoms with Crippen LogP contribution >= 0.6 is 0 Å². The number of hydrogen-bond donors (Lipinski definition) is 0. The van der Waals surface area contributed by atoms with E-state index in [2.05, 4.69) is 70.5 Å². The van der Waals surface area contributed by atoms with Gasteiger partial charge in [0, 0.05) is 96.1 Å². The standard InChI is InChI=1S/C52H52N6O6/c59-55(60)35-13-9-31(10-14-35)27-57-21-19-51-39-5-1-3-7-41(39)53-47(51)45-37(25-43(51)57)33(29-57)18-24-64-50(45)54-42-8-4-2-6-40(42)52-20-22-58(28-32-11-15-36(16-12-32)56(61)62)30-34-17-23-63-49(53)46(48(52)54)38(34)26-44(52)58/h1-18,37-38,43-50H,19-30H2/q+2/t37-,38-,43-,44-,45+,46?,47-,48-,49+,50+,51+,52+,57?,58?/m0/s1. The van der Waals surface area contributed by atoms with Gasteiger partial charge in [-0.2, -0.15) is 0 Å². The zero-order valence-electron chi connectivity index (χ0n) is 35.8. The first-order valence-electron chi connectivity index (χ1n) is 23.8. The highest BCUT2D eigenvalue weighted by Gasteiger charge is 2.81. The molecule has 2 saturated carbocycles. The van der Waals surface area contributed by atoms with Gasteiger partial charge in [-0.3, -0.25) is 20.2 Å². The fourth-order valence-electron chi connectivity index (χ4n) is 18.0. The van der Waals surface area contributed by atoms with E-state index in [1.807, 2.05) is 24.3 Å². The number of hydrogen-bond acceptors (Lipinski definition) is 8. The summed E-state index contributed by atoms with van der Waals surface area (Å²) >= 11 is 0. The molecule has 7 fully saturated rings. The number of rotatable bonds is 6. The van der Waals surface area contributed by atoms with Crippen LogP contribution in [-0.4, -0.2) is 94.8 Å². The third-order valence-electron chi connectivity index (χ3n) is 19.8. The zero-order chi connectivity index (χ0) is 42.5. The summed E-state index contributed by atoms with van der Waals surface area (Å²) in [4.78, 5) is 28.6. The summed E-state index contributed by atoms with van der Waals surface area (Å²) in [6.45, 7) is 7.01.